The highest BCUT2D eigenvalue weighted by Crippen LogP contribution is 2.31. The molecule has 17 heavy (non-hydrogen) atoms. The quantitative estimate of drug-likeness (QED) is 0.728. The molecule has 0 aliphatic rings. The van der Waals surface area contributed by atoms with Gasteiger partial charge >= 0.3 is 0 Å². The van der Waals surface area contributed by atoms with Gasteiger partial charge in [-0.25, -0.2) is 4.39 Å². The van der Waals surface area contributed by atoms with Crippen LogP contribution < -0.4 is 0 Å². The highest BCUT2D eigenvalue weighted by Gasteiger charge is 2.17. The number of benzene rings is 1. The van der Waals surface area contributed by atoms with Gasteiger partial charge in [-0.15, -0.1) is 0 Å². The van der Waals surface area contributed by atoms with Gasteiger partial charge in [0.2, 0.25) is 0 Å². The van der Waals surface area contributed by atoms with Crippen LogP contribution in [0.2, 0.25) is 5.02 Å². The SMILES string of the molecule is CCCCCCC(O)c1c(F)ccc(C)c1Cl. The highest BCUT2D eigenvalue weighted by molar-refractivity contribution is 6.32. The number of halogens is 2. The van der Waals surface area contributed by atoms with Crippen molar-refractivity contribution >= 4 is 11.6 Å². The van der Waals surface area contributed by atoms with E-state index in [2.05, 4.69) is 6.92 Å². The Balaban J connectivity index is 2.68. The van der Waals surface area contributed by atoms with Crippen molar-refractivity contribution in [3.63, 3.8) is 0 Å². The van der Waals surface area contributed by atoms with Gasteiger partial charge in [-0.3, -0.25) is 0 Å². The van der Waals surface area contributed by atoms with Crippen LogP contribution in [0.1, 0.15) is 56.3 Å². The van der Waals surface area contributed by atoms with Crippen LogP contribution in [0.25, 0.3) is 0 Å². The summed E-state index contributed by atoms with van der Waals surface area (Å²) in [4.78, 5) is 0. The molecule has 96 valence electrons. The summed E-state index contributed by atoms with van der Waals surface area (Å²) >= 11 is 6.03. The molecule has 0 amide bonds. The average molecular weight is 259 g/mol. The van der Waals surface area contributed by atoms with Crippen molar-refractivity contribution in [2.45, 2.75) is 52.1 Å². The summed E-state index contributed by atoms with van der Waals surface area (Å²) in [6, 6.07) is 3.00. The maximum absolute atomic E-state index is 13.6. The Morgan fingerprint density at radius 1 is 1.29 bits per heavy atom. The van der Waals surface area contributed by atoms with Crippen molar-refractivity contribution in [1.82, 2.24) is 0 Å². The van der Waals surface area contributed by atoms with Crippen LogP contribution >= 0.6 is 11.6 Å². The standard InChI is InChI=1S/C14H20ClFO/c1-3-4-5-6-7-12(17)13-11(16)9-8-10(2)14(13)15/h8-9,12,17H,3-7H2,1-2H3. The fraction of sp³-hybridized carbons (Fsp3) is 0.571. The zero-order valence-electron chi connectivity index (χ0n) is 10.5. The van der Waals surface area contributed by atoms with Gasteiger partial charge in [-0.1, -0.05) is 50.3 Å². The van der Waals surface area contributed by atoms with Crippen molar-refractivity contribution in [3.8, 4) is 0 Å². The third-order valence-electron chi connectivity index (χ3n) is 2.98. The fourth-order valence-corrected chi connectivity index (χ4v) is 2.17. The molecule has 0 saturated heterocycles. The molecular formula is C14H20ClFO. The number of aliphatic hydroxyl groups excluding tert-OH is 1. The largest absolute Gasteiger partial charge is 0.388 e. The van der Waals surface area contributed by atoms with Crippen LogP contribution in [0, 0.1) is 12.7 Å². The van der Waals surface area contributed by atoms with E-state index in [4.69, 9.17) is 11.6 Å². The number of rotatable bonds is 6. The first-order valence-corrected chi connectivity index (χ1v) is 6.58. The second kappa shape index (κ2) is 6.97. The maximum Gasteiger partial charge on any atom is 0.130 e. The second-order valence-electron chi connectivity index (χ2n) is 4.46. The molecule has 1 unspecified atom stereocenters. The Hall–Kier alpha value is -0.600. The molecule has 0 aromatic heterocycles. The van der Waals surface area contributed by atoms with Crippen molar-refractivity contribution in [1.29, 1.82) is 0 Å². The first kappa shape index (κ1) is 14.5. The normalized spacial score (nSPS) is 12.8. The maximum atomic E-state index is 13.6. The van der Waals surface area contributed by atoms with Crippen LogP contribution in [-0.4, -0.2) is 5.11 Å². The minimum Gasteiger partial charge on any atom is -0.388 e. The van der Waals surface area contributed by atoms with E-state index in [-0.39, 0.29) is 5.56 Å². The zero-order chi connectivity index (χ0) is 12.8. The first-order chi connectivity index (χ1) is 8.07. The monoisotopic (exact) mass is 258 g/mol. The minimum atomic E-state index is -0.792. The average Bonchev–Trinajstić information content (AvgIpc) is 2.30. The van der Waals surface area contributed by atoms with Crippen LogP contribution in [0.4, 0.5) is 4.39 Å². The lowest BCUT2D eigenvalue weighted by molar-refractivity contribution is 0.159. The summed E-state index contributed by atoms with van der Waals surface area (Å²) in [6.07, 6.45) is 4.04. The van der Waals surface area contributed by atoms with Crippen molar-refractivity contribution in [3.05, 3.63) is 34.1 Å². The molecule has 1 aromatic carbocycles. The lowest BCUT2D eigenvalue weighted by atomic mass is 10.0. The highest BCUT2D eigenvalue weighted by atomic mass is 35.5. The molecule has 0 bridgehead atoms. The molecule has 0 aliphatic carbocycles. The number of hydrogen-bond donors (Lipinski definition) is 1. The van der Waals surface area contributed by atoms with Crippen LogP contribution in [0.5, 0.6) is 0 Å². The molecule has 0 saturated carbocycles. The Kier molecular flexibility index (Phi) is 5.93. The number of aliphatic hydroxyl groups is 1. The summed E-state index contributed by atoms with van der Waals surface area (Å²) in [6.45, 7) is 3.95. The lowest BCUT2D eigenvalue weighted by Gasteiger charge is -2.15. The zero-order valence-corrected chi connectivity index (χ0v) is 11.2. The van der Waals surface area contributed by atoms with Gasteiger partial charge in [0.25, 0.3) is 0 Å². The second-order valence-corrected chi connectivity index (χ2v) is 4.84. The molecule has 3 heteroatoms. The predicted octanol–water partition coefficient (Wildman–Crippen LogP) is 4.79. The topological polar surface area (TPSA) is 20.2 Å². The van der Waals surface area contributed by atoms with Crippen LogP contribution in [0.15, 0.2) is 12.1 Å². The molecule has 0 heterocycles. The molecule has 0 spiro atoms. The Labute approximate surface area is 108 Å². The summed E-state index contributed by atoms with van der Waals surface area (Å²) < 4.78 is 13.6. The van der Waals surface area contributed by atoms with Crippen molar-refractivity contribution in [2.24, 2.45) is 0 Å². The van der Waals surface area contributed by atoms with E-state index in [1.165, 1.54) is 6.07 Å². The molecule has 1 N–H and O–H groups in total. The molecule has 0 fully saturated rings. The van der Waals surface area contributed by atoms with E-state index in [9.17, 15) is 9.50 Å². The molecule has 1 aromatic rings. The van der Waals surface area contributed by atoms with E-state index in [0.717, 1.165) is 31.2 Å². The van der Waals surface area contributed by atoms with Gasteiger partial charge in [-0.05, 0) is 25.0 Å². The molecule has 0 aliphatic heterocycles. The van der Waals surface area contributed by atoms with Crippen molar-refractivity contribution in [2.75, 3.05) is 0 Å². The first-order valence-electron chi connectivity index (χ1n) is 6.20. The smallest absolute Gasteiger partial charge is 0.130 e. The minimum absolute atomic E-state index is 0.253. The van der Waals surface area contributed by atoms with Gasteiger partial charge in [-0.2, -0.15) is 0 Å². The Morgan fingerprint density at radius 3 is 2.65 bits per heavy atom. The van der Waals surface area contributed by atoms with Gasteiger partial charge < -0.3 is 5.11 Å². The van der Waals surface area contributed by atoms with Gasteiger partial charge in [0.15, 0.2) is 0 Å². The van der Waals surface area contributed by atoms with Gasteiger partial charge in [0, 0.05) is 5.56 Å². The lowest BCUT2D eigenvalue weighted by Crippen LogP contribution is -2.03. The summed E-state index contributed by atoms with van der Waals surface area (Å²) in [7, 11) is 0. The predicted molar refractivity (Wildman–Crippen MR) is 69.9 cm³/mol. The molecular weight excluding hydrogens is 239 g/mol. The van der Waals surface area contributed by atoms with Crippen LogP contribution in [-0.2, 0) is 0 Å². The summed E-state index contributed by atoms with van der Waals surface area (Å²) in [5.74, 6) is -0.413. The third kappa shape index (κ3) is 3.97. The molecule has 1 atom stereocenters. The Bertz CT molecular complexity index is 365. The number of unbranched alkanes of at least 4 members (excludes halogenated alkanes) is 3. The summed E-state index contributed by atoms with van der Waals surface area (Å²) in [5, 5.41) is 10.3. The fourth-order valence-electron chi connectivity index (χ4n) is 1.89. The molecule has 1 rings (SSSR count). The van der Waals surface area contributed by atoms with Gasteiger partial charge in [0.1, 0.15) is 5.82 Å². The van der Waals surface area contributed by atoms with Crippen LogP contribution in [0.3, 0.4) is 0 Å². The van der Waals surface area contributed by atoms with E-state index in [1.807, 2.05) is 6.92 Å². The Morgan fingerprint density at radius 2 is 2.00 bits per heavy atom. The molecule has 1 nitrogen and oxygen atoms in total. The number of aryl methyl sites for hydroxylation is 1. The van der Waals surface area contributed by atoms with Gasteiger partial charge in [0.05, 0.1) is 11.1 Å². The third-order valence-corrected chi connectivity index (χ3v) is 3.49. The summed E-state index contributed by atoms with van der Waals surface area (Å²) in [5.41, 5.74) is 1.05. The number of hydrogen-bond acceptors (Lipinski definition) is 1. The molecule has 0 radical (unpaired) electrons. The van der Waals surface area contributed by atoms with E-state index in [0.29, 0.717) is 11.4 Å². The van der Waals surface area contributed by atoms with E-state index in [1.54, 1.807) is 6.07 Å². The van der Waals surface area contributed by atoms with E-state index >= 15 is 0 Å². The van der Waals surface area contributed by atoms with Crippen molar-refractivity contribution < 1.29 is 9.50 Å². The van der Waals surface area contributed by atoms with E-state index < -0.39 is 11.9 Å².